The third kappa shape index (κ3) is 2.38. The molecule has 1 unspecified atom stereocenters. The molecule has 6 nitrogen and oxygen atoms in total. The van der Waals surface area contributed by atoms with E-state index in [9.17, 15) is 20.0 Å². The predicted octanol–water partition coefficient (Wildman–Crippen LogP) is 4.11. The highest BCUT2D eigenvalue weighted by Gasteiger charge is 2.38. The van der Waals surface area contributed by atoms with Crippen LogP contribution in [0.2, 0.25) is 0 Å². The van der Waals surface area contributed by atoms with Gasteiger partial charge in [0, 0.05) is 23.2 Å². The summed E-state index contributed by atoms with van der Waals surface area (Å²) in [6, 6.07) is 6.89. The number of nitrogens with zero attached hydrogens (tertiary/aromatic N) is 2. The van der Waals surface area contributed by atoms with Crippen LogP contribution in [-0.2, 0) is 6.42 Å². The van der Waals surface area contributed by atoms with Gasteiger partial charge in [-0.3, -0.25) is 4.79 Å². The lowest BCUT2D eigenvalue weighted by atomic mass is 9.79. The first-order valence-corrected chi connectivity index (χ1v) is 8.78. The highest BCUT2D eigenvalue weighted by molar-refractivity contribution is 5.92. The van der Waals surface area contributed by atoms with Crippen LogP contribution in [0.15, 0.2) is 33.6 Å². The number of aromatic nitrogens is 1. The Morgan fingerprint density at radius 2 is 2.11 bits per heavy atom. The number of carbonyl (C=O) groups is 1. The molecule has 7 heteroatoms. The molecule has 0 saturated carbocycles. The first-order valence-electron chi connectivity index (χ1n) is 8.78. The van der Waals surface area contributed by atoms with Gasteiger partial charge < -0.3 is 14.1 Å². The standard InChI is InChI=1S/C21H17FN2O4/c1-21(2,3)14-7-12-11-6-4-5-10(8-23)18(11)28-19(12)16-15(22)17(25)13(20(26)27)9-24(14)16/h4-6,9,14H,7H2,1-3H3,(H,26,27). The SMILES string of the molecule is CC(C)(C)C1Cc2c(oc3c(C#N)cccc23)-c2c(F)c(=O)c(C(=O)O)cn21. The number of halogens is 1. The number of benzene rings is 1. The van der Waals surface area contributed by atoms with Crippen molar-refractivity contribution in [3.05, 3.63) is 57.1 Å². The smallest absolute Gasteiger partial charge is 0.341 e. The average Bonchev–Trinajstić information content (AvgIpc) is 3.00. The maximum Gasteiger partial charge on any atom is 0.341 e. The molecule has 1 atom stereocenters. The van der Waals surface area contributed by atoms with Crippen molar-refractivity contribution < 1.29 is 18.7 Å². The Bertz CT molecular complexity index is 1250. The number of para-hydroxylation sites is 1. The summed E-state index contributed by atoms with van der Waals surface area (Å²) in [5.41, 5.74) is -0.862. The van der Waals surface area contributed by atoms with Gasteiger partial charge in [0.25, 0.3) is 0 Å². The Kier molecular flexibility index (Phi) is 3.72. The number of hydrogen-bond acceptors (Lipinski definition) is 4. The maximum absolute atomic E-state index is 15.1. The molecular formula is C21H17FN2O4. The van der Waals surface area contributed by atoms with Gasteiger partial charge in [-0.1, -0.05) is 32.9 Å². The topological polar surface area (TPSA) is 96.2 Å². The first kappa shape index (κ1) is 18.0. The molecule has 0 radical (unpaired) electrons. The van der Waals surface area contributed by atoms with Crippen molar-refractivity contribution >= 4 is 16.9 Å². The van der Waals surface area contributed by atoms with Crippen molar-refractivity contribution in [3.63, 3.8) is 0 Å². The van der Waals surface area contributed by atoms with Gasteiger partial charge >= 0.3 is 5.97 Å². The number of carboxylic acid groups (broad SMARTS) is 1. The van der Waals surface area contributed by atoms with Crippen LogP contribution in [0.1, 0.15) is 48.3 Å². The Balaban J connectivity index is 2.16. The zero-order valence-electron chi connectivity index (χ0n) is 15.5. The minimum Gasteiger partial charge on any atom is -0.477 e. The average molecular weight is 380 g/mol. The second-order valence-electron chi connectivity index (χ2n) is 8.04. The van der Waals surface area contributed by atoms with Crippen LogP contribution < -0.4 is 5.43 Å². The second kappa shape index (κ2) is 5.80. The summed E-state index contributed by atoms with van der Waals surface area (Å²) in [5, 5.41) is 19.4. The molecule has 0 fully saturated rings. The molecule has 142 valence electrons. The van der Waals surface area contributed by atoms with Crippen LogP contribution >= 0.6 is 0 Å². The summed E-state index contributed by atoms with van der Waals surface area (Å²) < 4.78 is 22.5. The van der Waals surface area contributed by atoms with E-state index < -0.39 is 22.8 Å². The Hall–Kier alpha value is -3.40. The van der Waals surface area contributed by atoms with Gasteiger partial charge in [0.15, 0.2) is 17.2 Å². The fraction of sp³-hybridized carbons (Fsp3) is 0.286. The van der Waals surface area contributed by atoms with E-state index in [0.717, 1.165) is 0 Å². The van der Waals surface area contributed by atoms with Crippen molar-refractivity contribution in [1.82, 2.24) is 4.57 Å². The van der Waals surface area contributed by atoms with Crippen molar-refractivity contribution in [2.75, 3.05) is 0 Å². The van der Waals surface area contributed by atoms with Crippen molar-refractivity contribution in [2.24, 2.45) is 5.41 Å². The van der Waals surface area contributed by atoms with Crippen LogP contribution in [0.25, 0.3) is 22.4 Å². The molecule has 2 aromatic heterocycles. The van der Waals surface area contributed by atoms with Gasteiger partial charge in [0.1, 0.15) is 17.3 Å². The van der Waals surface area contributed by atoms with E-state index in [0.29, 0.717) is 28.5 Å². The zero-order chi connectivity index (χ0) is 20.4. The summed E-state index contributed by atoms with van der Waals surface area (Å²) in [4.78, 5) is 23.8. The van der Waals surface area contributed by atoms with Gasteiger partial charge in [0.2, 0.25) is 5.43 Å². The molecule has 0 bridgehead atoms. The molecule has 28 heavy (non-hydrogen) atoms. The number of nitriles is 1. The summed E-state index contributed by atoms with van der Waals surface area (Å²) in [7, 11) is 0. The molecule has 0 spiro atoms. The third-order valence-electron chi connectivity index (χ3n) is 5.30. The third-order valence-corrected chi connectivity index (χ3v) is 5.30. The normalized spacial score (nSPS) is 15.8. The largest absolute Gasteiger partial charge is 0.477 e. The molecular weight excluding hydrogens is 363 g/mol. The van der Waals surface area contributed by atoms with Crippen LogP contribution in [0, 0.1) is 22.6 Å². The fourth-order valence-corrected chi connectivity index (χ4v) is 3.88. The summed E-state index contributed by atoms with van der Waals surface area (Å²) in [5.74, 6) is -2.47. The lowest BCUT2D eigenvalue weighted by Gasteiger charge is -2.37. The van der Waals surface area contributed by atoms with E-state index in [1.165, 1.54) is 10.8 Å². The minimum absolute atomic E-state index is 0.0729. The molecule has 1 aromatic carbocycles. The monoisotopic (exact) mass is 380 g/mol. The Morgan fingerprint density at radius 1 is 1.39 bits per heavy atom. The van der Waals surface area contributed by atoms with Gasteiger partial charge in [0.05, 0.1) is 5.56 Å². The van der Waals surface area contributed by atoms with Crippen LogP contribution in [-0.4, -0.2) is 15.6 Å². The van der Waals surface area contributed by atoms with E-state index in [1.54, 1.807) is 18.2 Å². The molecule has 0 saturated heterocycles. The summed E-state index contributed by atoms with van der Waals surface area (Å²) in [6.07, 6.45) is 1.65. The molecule has 1 aliphatic rings. The summed E-state index contributed by atoms with van der Waals surface area (Å²) >= 11 is 0. The van der Waals surface area contributed by atoms with Crippen molar-refractivity contribution in [3.8, 4) is 17.5 Å². The van der Waals surface area contributed by atoms with Gasteiger partial charge in [-0.05, 0) is 17.9 Å². The molecule has 3 heterocycles. The molecule has 0 amide bonds. The highest BCUT2D eigenvalue weighted by Crippen LogP contribution is 2.47. The number of carboxylic acids is 1. The number of rotatable bonds is 1. The van der Waals surface area contributed by atoms with Crippen LogP contribution in [0.3, 0.4) is 0 Å². The number of aromatic carboxylic acids is 1. The maximum atomic E-state index is 15.1. The number of fused-ring (bicyclic) bond motifs is 5. The zero-order valence-corrected chi connectivity index (χ0v) is 15.5. The number of pyridine rings is 1. The van der Waals surface area contributed by atoms with Crippen LogP contribution in [0.4, 0.5) is 4.39 Å². The van der Waals surface area contributed by atoms with E-state index in [2.05, 4.69) is 6.07 Å². The molecule has 1 aliphatic heterocycles. The number of hydrogen-bond donors (Lipinski definition) is 1. The lowest BCUT2D eigenvalue weighted by Crippen LogP contribution is -2.34. The highest BCUT2D eigenvalue weighted by atomic mass is 19.1. The molecule has 4 rings (SSSR count). The van der Waals surface area contributed by atoms with Crippen molar-refractivity contribution in [1.29, 1.82) is 5.26 Å². The number of furan rings is 1. The Morgan fingerprint density at radius 3 is 2.71 bits per heavy atom. The van der Waals surface area contributed by atoms with E-state index >= 15 is 4.39 Å². The molecule has 0 aliphatic carbocycles. The van der Waals surface area contributed by atoms with Gasteiger partial charge in [-0.15, -0.1) is 0 Å². The second-order valence-corrected chi connectivity index (χ2v) is 8.04. The minimum atomic E-state index is -1.48. The van der Waals surface area contributed by atoms with Gasteiger partial charge in [-0.2, -0.15) is 5.26 Å². The quantitative estimate of drug-likeness (QED) is 0.685. The van der Waals surface area contributed by atoms with E-state index in [4.69, 9.17) is 4.42 Å². The Labute approximate surface area is 159 Å². The first-order chi connectivity index (χ1) is 13.1. The van der Waals surface area contributed by atoms with Crippen molar-refractivity contribution in [2.45, 2.75) is 33.2 Å². The molecule has 3 aromatic rings. The fourth-order valence-electron chi connectivity index (χ4n) is 3.88. The van der Waals surface area contributed by atoms with Gasteiger partial charge in [-0.25, -0.2) is 9.18 Å². The van der Waals surface area contributed by atoms with E-state index in [1.807, 2.05) is 20.8 Å². The van der Waals surface area contributed by atoms with E-state index in [-0.39, 0.29) is 22.9 Å². The molecule has 1 N–H and O–H groups in total. The summed E-state index contributed by atoms with van der Waals surface area (Å²) in [6.45, 7) is 5.89. The lowest BCUT2D eigenvalue weighted by molar-refractivity contribution is 0.0692. The van der Waals surface area contributed by atoms with Crippen LogP contribution in [0.5, 0.6) is 0 Å². The predicted molar refractivity (Wildman–Crippen MR) is 99.7 cm³/mol.